The summed E-state index contributed by atoms with van der Waals surface area (Å²) in [6, 6.07) is 16.5. The van der Waals surface area contributed by atoms with Crippen molar-refractivity contribution in [2.45, 2.75) is 20.4 Å². The fourth-order valence-electron chi connectivity index (χ4n) is 2.12. The van der Waals surface area contributed by atoms with E-state index in [4.69, 9.17) is 0 Å². The van der Waals surface area contributed by atoms with Crippen molar-refractivity contribution in [3.8, 4) is 23.0 Å². The van der Waals surface area contributed by atoms with Crippen molar-refractivity contribution < 1.29 is 4.79 Å². The molecule has 2 rings (SSSR count). The van der Waals surface area contributed by atoms with E-state index in [-0.39, 0.29) is 5.91 Å². The van der Waals surface area contributed by atoms with Crippen molar-refractivity contribution in [2.24, 2.45) is 0 Å². The van der Waals surface area contributed by atoms with Gasteiger partial charge in [-0.25, -0.2) is 0 Å². The predicted molar refractivity (Wildman–Crippen MR) is 81.9 cm³/mol. The van der Waals surface area contributed by atoms with E-state index in [1.165, 1.54) is 16.7 Å². The molecular formula is C18H17NO. The van der Waals surface area contributed by atoms with Gasteiger partial charge < -0.3 is 5.32 Å². The third-order valence-corrected chi connectivity index (χ3v) is 3.07. The summed E-state index contributed by atoms with van der Waals surface area (Å²) in [5, 5.41) is 2.77. The highest BCUT2D eigenvalue weighted by molar-refractivity contribution is 5.93. The Morgan fingerprint density at radius 3 is 2.55 bits per heavy atom. The molecule has 0 bridgehead atoms. The first-order valence-corrected chi connectivity index (χ1v) is 6.56. The molecule has 2 aromatic carbocycles. The molecule has 1 N–H and O–H groups in total. The zero-order valence-corrected chi connectivity index (χ0v) is 11.7. The van der Waals surface area contributed by atoms with Crippen LogP contribution in [0.15, 0.2) is 48.5 Å². The Morgan fingerprint density at radius 1 is 1.15 bits per heavy atom. The highest BCUT2D eigenvalue weighted by Gasteiger charge is 2.03. The molecule has 100 valence electrons. The molecule has 2 nitrogen and oxygen atoms in total. The summed E-state index contributed by atoms with van der Waals surface area (Å²) in [6.07, 6.45) is 0. The van der Waals surface area contributed by atoms with E-state index in [1.54, 1.807) is 6.92 Å². The monoisotopic (exact) mass is 263 g/mol. The first-order chi connectivity index (χ1) is 9.70. The topological polar surface area (TPSA) is 29.1 Å². The van der Waals surface area contributed by atoms with Crippen molar-refractivity contribution in [2.75, 3.05) is 0 Å². The largest absolute Gasteiger partial charge is 0.341 e. The third-order valence-electron chi connectivity index (χ3n) is 3.07. The molecule has 0 saturated heterocycles. The van der Waals surface area contributed by atoms with Crippen LogP contribution in [-0.4, -0.2) is 5.91 Å². The van der Waals surface area contributed by atoms with Crippen LogP contribution in [0.5, 0.6) is 0 Å². The Kier molecular flexibility index (Phi) is 4.57. The van der Waals surface area contributed by atoms with Crippen LogP contribution in [0.1, 0.15) is 18.1 Å². The van der Waals surface area contributed by atoms with Crippen LogP contribution in [-0.2, 0) is 11.3 Å². The minimum absolute atomic E-state index is 0.239. The van der Waals surface area contributed by atoms with Gasteiger partial charge in [-0.15, -0.1) is 0 Å². The van der Waals surface area contributed by atoms with Gasteiger partial charge in [-0.3, -0.25) is 4.79 Å². The highest BCUT2D eigenvalue weighted by Crippen LogP contribution is 2.23. The minimum Gasteiger partial charge on any atom is -0.341 e. The Labute approximate surface area is 119 Å². The van der Waals surface area contributed by atoms with Crippen molar-refractivity contribution >= 4 is 5.91 Å². The fourth-order valence-corrected chi connectivity index (χ4v) is 2.12. The van der Waals surface area contributed by atoms with Crippen LogP contribution in [0, 0.1) is 18.8 Å². The first-order valence-electron chi connectivity index (χ1n) is 6.56. The van der Waals surface area contributed by atoms with Gasteiger partial charge in [0.1, 0.15) is 0 Å². The quantitative estimate of drug-likeness (QED) is 0.846. The SMILES string of the molecule is CC#CC(=O)NCc1ccc(-c2ccccc2)c(C)c1. The molecular weight excluding hydrogens is 246 g/mol. The van der Waals surface area contributed by atoms with Crippen LogP contribution >= 0.6 is 0 Å². The second kappa shape index (κ2) is 6.58. The van der Waals surface area contributed by atoms with Crippen molar-refractivity contribution in [3.63, 3.8) is 0 Å². The lowest BCUT2D eigenvalue weighted by molar-refractivity contribution is -0.115. The number of nitrogens with one attached hydrogen (secondary N) is 1. The van der Waals surface area contributed by atoms with Crippen LogP contribution < -0.4 is 5.32 Å². The second-order valence-electron chi connectivity index (χ2n) is 4.57. The molecule has 0 aliphatic heterocycles. The van der Waals surface area contributed by atoms with E-state index in [2.05, 4.69) is 48.3 Å². The summed E-state index contributed by atoms with van der Waals surface area (Å²) in [6.45, 7) is 4.24. The zero-order chi connectivity index (χ0) is 14.4. The van der Waals surface area contributed by atoms with E-state index in [0.717, 1.165) is 5.56 Å². The van der Waals surface area contributed by atoms with E-state index < -0.39 is 0 Å². The Morgan fingerprint density at radius 2 is 1.90 bits per heavy atom. The van der Waals surface area contributed by atoms with Gasteiger partial charge in [-0.1, -0.05) is 54.5 Å². The zero-order valence-electron chi connectivity index (χ0n) is 11.7. The van der Waals surface area contributed by atoms with E-state index in [1.807, 2.05) is 24.3 Å². The summed E-state index contributed by atoms with van der Waals surface area (Å²) < 4.78 is 0. The maximum atomic E-state index is 11.3. The molecule has 0 radical (unpaired) electrons. The number of carbonyl (C=O) groups excluding carboxylic acids is 1. The molecule has 2 aromatic rings. The lowest BCUT2D eigenvalue weighted by Gasteiger charge is -2.09. The molecule has 2 heteroatoms. The van der Waals surface area contributed by atoms with Gasteiger partial charge in [-0.2, -0.15) is 0 Å². The molecule has 0 heterocycles. The molecule has 0 unspecified atom stereocenters. The number of aryl methyl sites for hydroxylation is 1. The standard InChI is InChI=1S/C18H17NO/c1-3-7-18(20)19-13-15-10-11-17(14(2)12-15)16-8-5-4-6-9-16/h4-6,8-12H,13H2,1-2H3,(H,19,20). The highest BCUT2D eigenvalue weighted by atomic mass is 16.1. The maximum absolute atomic E-state index is 11.3. The molecule has 1 amide bonds. The van der Waals surface area contributed by atoms with E-state index in [0.29, 0.717) is 6.54 Å². The molecule has 0 atom stereocenters. The van der Waals surface area contributed by atoms with Crippen LogP contribution in [0.25, 0.3) is 11.1 Å². The first kappa shape index (κ1) is 13.9. The van der Waals surface area contributed by atoms with Gasteiger partial charge in [0.05, 0.1) is 0 Å². The molecule has 0 fully saturated rings. The van der Waals surface area contributed by atoms with Crippen molar-refractivity contribution in [1.82, 2.24) is 5.32 Å². The molecule has 0 aliphatic rings. The number of hydrogen-bond donors (Lipinski definition) is 1. The third kappa shape index (κ3) is 3.49. The Balaban J connectivity index is 2.14. The van der Waals surface area contributed by atoms with Gasteiger partial charge in [0.15, 0.2) is 0 Å². The van der Waals surface area contributed by atoms with Crippen molar-refractivity contribution in [3.05, 3.63) is 59.7 Å². The van der Waals surface area contributed by atoms with Crippen LogP contribution in [0.4, 0.5) is 0 Å². The van der Waals surface area contributed by atoms with Crippen LogP contribution in [0.3, 0.4) is 0 Å². The van der Waals surface area contributed by atoms with Crippen LogP contribution in [0.2, 0.25) is 0 Å². The number of hydrogen-bond acceptors (Lipinski definition) is 1. The van der Waals surface area contributed by atoms with E-state index >= 15 is 0 Å². The normalized spacial score (nSPS) is 9.50. The molecule has 0 saturated carbocycles. The number of carbonyl (C=O) groups is 1. The molecule has 0 spiro atoms. The van der Waals surface area contributed by atoms with Gasteiger partial charge in [-0.05, 0) is 42.0 Å². The summed E-state index contributed by atoms with van der Waals surface area (Å²) >= 11 is 0. The smallest absolute Gasteiger partial charge is 0.296 e. The summed E-state index contributed by atoms with van der Waals surface area (Å²) in [4.78, 5) is 11.3. The maximum Gasteiger partial charge on any atom is 0.296 e. The lowest BCUT2D eigenvalue weighted by atomic mass is 9.98. The van der Waals surface area contributed by atoms with E-state index in [9.17, 15) is 4.79 Å². The number of amides is 1. The number of benzene rings is 2. The summed E-state index contributed by atoms with van der Waals surface area (Å²) in [5.74, 6) is 4.81. The fraction of sp³-hybridized carbons (Fsp3) is 0.167. The number of rotatable bonds is 3. The Hall–Kier alpha value is -2.53. The summed E-state index contributed by atoms with van der Waals surface area (Å²) in [7, 11) is 0. The average Bonchev–Trinajstić information content (AvgIpc) is 2.46. The summed E-state index contributed by atoms with van der Waals surface area (Å²) in [5.41, 5.74) is 4.70. The average molecular weight is 263 g/mol. The van der Waals surface area contributed by atoms with Crippen molar-refractivity contribution in [1.29, 1.82) is 0 Å². The molecule has 0 aromatic heterocycles. The van der Waals surface area contributed by atoms with Gasteiger partial charge in [0.25, 0.3) is 5.91 Å². The predicted octanol–water partition coefficient (Wildman–Crippen LogP) is 3.30. The minimum atomic E-state index is -0.239. The Bertz CT molecular complexity index is 663. The van der Waals surface area contributed by atoms with Gasteiger partial charge in [0, 0.05) is 6.54 Å². The molecule has 20 heavy (non-hydrogen) atoms. The van der Waals surface area contributed by atoms with Gasteiger partial charge >= 0.3 is 0 Å². The van der Waals surface area contributed by atoms with Gasteiger partial charge in [0.2, 0.25) is 0 Å². The lowest BCUT2D eigenvalue weighted by Crippen LogP contribution is -2.20. The molecule has 0 aliphatic carbocycles. The second-order valence-corrected chi connectivity index (χ2v) is 4.57.